The van der Waals surface area contributed by atoms with Crippen molar-refractivity contribution in [1.29, 1.82) is 0 Å². The number of nitrogens with one attached hydrogen (secondary N) is 2. The Hall–Kier alpha value is -2.58. The van der Waals surface area contributed by atoms with E-state index in [0.29, 0.717) is 26.1 Å². The van der Waals surface area contributed by atoms with E-state index in [1.807, 2.05) is 0 Å². The zero-order chi connectivity index (χ0) is 16.6. The van der Waals surface area contributed by atoms with Crippen molar-refractivity contribution in [3.63, 3.8) is 0 Å². The van der Waals surface area contributed by atoms with Crippen molar-refractivity contribution < 1.29 is 14.3 Å². The average Bonchev–Trinajstić information content (AvgIpc) is 2.76. The van der Waals surface area contributed by atoms with Gasteiger partial charge in [0.2, 0.25) is 5.91 Å². The fraction of sp³-hybridized carbons (Fsp3) is 0.571. The number of hydrogen-bond acceptors (Lipinski definition) is 5. The molecular formula is C14H18N4O5. The summed E-state index contributed by atoms with van der Waals surface area (Å²) in [6, 6.07) is 0. The molecule has 2 saturated heterocycles. The summed E-state index contributed by atoms with van der Waals surface area (Å²) in [5.74, 6) is -0.229. The van der Waals surface area contributed by atoms with Crippen molar-refractivity contribution in [3.8, 4) is 0 Å². The van der Waals surface area contributed by atoms with E-state index < -0.39 is 16.9 Å². The first kappa shape index (κ1) is 15.3. The molecule has 2 aliphatic rings. The minimum Gasteiger partial charge on any atom is -0.439 e. The summed E-state index contributed by atoms with van der Waals surface area (Å²) >= 11 is 0. The van der Waals surface area contributed by atoms with Gasteiger partial charge in [0.1, 0.15) is 5.60 Å². The third kappa shape index (κ3) is 2.99. The van der Waals surface area contributed by atoms with Gasteiger partial charge in [-0.05, 0) is 12.8 Å². The molecule has 1 atom stereocenters. The molecular weight excluding hydrogens is 304 g/mol. The summed E-state index contributed by atoms with van der Waals surface area (Å²) in [4.78, 5) is 54.3. The van der Waals surface area contributed by atoms with Crippen LogP contribution in [0.5, 0.6) is 0 Å². The number of hydrogen-bond donors (Lipinski definition) is 2. The molecule has 0 aromatic carbocycles. The van der Waals surface area contributed by atoms with Crippen LogP contribution in [0.2, 0.25) is 0 Å². The van der Waals surface area contributed by atoms with Gasteiger partial charge in [-0.2, -0.15) is 0 Å². The Balaban J connectivity index is 1.71. The van der Waals surface area contributed by atoms with Gasteiger partial charge >= 0.3 is 11.8 Å². The van der Waals surface area contributed by atoms with E-state index in [-0.39, 0.29) is 24.0 Å². The lowest BCUT2D eigenvalue weighted by atomic mass is 9.92. The van der Waals surface area contributed by atoms with Gasteiger partial charge in [0.15, 0.2) is 0 Å². The number of likely N-dealkylation sites (N-methyl/N-ethyl adjacent to an activating group) is 1. The first-order valence-electron chi connectivity index (χ1n) is 7.41. The van der Waals surface area contributed by atoms with Gasteiger partial charge in [-0.1, -0.05) is 0 Å². The molecule has 0 bridgehead atoms. The molecule has 23 heavy (non-hydrogen) atoms. The topological polar surface area (TPSA) is 116 Å². The fourth-order valence-electron chi connectivity index (χ4n) is 3.16. The van der Waals surface area contributed by atoms with Crippen LogP contribution in [-0.2, 0) is 16.0 Å². The zero-order valence-corrected chi connectivity index (χ0v) is 12.8. The number of carbonyl (C=O) groups excluding carboxylic acids is 2. The average molecular weight is 322 g/mol. The first-order chi connectivity index (χ1) is 10.9. The first-order valence-corrected chi connectivity index (χ1v) is 7.41. The lowest BCUT2D eigenvalue weighted by molar-refractivity contribution is -0.136. The molecule has 1 unspecified atom stereocenters. The van der Waals surface area contributed by atoms with Crippen LogP contribution in [0.15, 0.2) is 15.8 Å². The number of rotatable bonds is 2. The normalized spacial score (nSPS) is 24.1. The number of aromatic nitrogens is 2. The molecule has 1 spiro atoms. The van der Waals surface area contributed by atoms with E-state index in [9.17, 15) is 19.2 Å². The van der Waals surface area contributed by atoms with Crippen LogP contribution in [0.1, 0.15) is 18.4 Å². The predicted octanol–water partition coefficient (Wildman–Crippen LogP) is -0.951. The van der Waals surface area contributed by atoms with Crippen molar-refractivity contribution in [2.45, 2.75) is 24.9 Å². The highest BCUT2D eigenvalue weighted by atomic mass is 16.6. The van der Waals surface area contributed by atoms with Gasteiger partial charge in [0, 0.05) is 25.4 Å². The number of ether oxygens (including phenoxy) is 1. The van der Waals surface area contributed by atoms with E-state index in [2.05, 4.69) is 9.97 Å². The predicted molar refractivity (Wildman–Crippen MR) is 79.0 cm³/mol. The quantitative estimate of drug-likeness (QED) is 0.728. The van der Waals surface area contributed by atoms with Crippen LogP contribution in [0.3, 0.4) is 0 Å². The molecule has 3 rings (SSSR count). The molecule has 1 aromatic heterocycles. The highest BCUT2D eigenvalue weighted by Crippen LogP contribution is 2.31. The van der Waals surface area contributed by atoms with Crippen molar-refractivity contribution in [1.82, 2.24) is 19.8 Å². The SMILES string of the molecule is CN1CC2(CCCN(C(=O)Cc3c[nH]c(=O)[nH]c3=O)C2)OC1=O. The van der Waals surface area contributed by atoms with Crippen LogP contribution in [0, 0.1) is 0 Å². The Morgan fingerprint density at radius 1 is 1.35 bits per heavy atom. The number of piperidine rings is 1. The molecule has 2 aliphatic heterocycles. The van der Waals surface area contributed by atoms with E-state index in [1.54, 1.807) is 11.9 Å². The van der Waals surface area contributed by atoms with Crippen LogP contribution in [0.25, 0.3) is 0 Å². The third-order valence-electron chi connectivity index (χ3n) is 4.27. The highest BCUT2D eigenvalue weighted by molar-refractivity contribution is 5.79. The molecule has 2 N–H and O–H groups in total. The van der Waals surface area contributed by atoms with Crippen molar-refractivity contribution in [3.05, 3.63) is 32.6 Å². The second kappa shape index (κ2) is 5.56. The molecule has 3 heterocycles. The molecule has 9 heteroatoms. The van der Waals surface area contributed by atoms with Crippen LogP contribution in [0.4, 0.5) is 4.79 Å². The minimum atomic E-state index is -0.656. The smallest absolute Gasteiger partial charge is 0.410 e. The summed E-state index contributed by atoms with van der Waals surface area (Å²) < 4.78 is 5.45. The van der Waals surface area contributed by atoms with E-state index in [1.165, 1.54) is 11.1 Å². The minimum absolute atomic E-state index is 0.105. The van der Waals surface area contributed by atoms with Gasteiger partial charge in [-0.25, -0.2) is 9.59 Å². The number of likely N-dealkylation sites (tertiary alicyclic amines) is 1. The Morgan fingerprint density at radius 2 is 2.13 bits per heavy atom. The van der Waals surface area contributed by atoms with Crippen molar-refractivity contribution in [2.24, 2.45) is 0 Å². The summed E-state index contributed by atoms with van der Waals surface area (Å²) in [5, 5.41) is 0. The summed E-state index contributed by atoms with van der Waals surface area (Å²) in [5.41, 5.74) is -1.63. The lowest BCUT2D eigenvalue weighted by Gasteiger charge is -2.38. The molecule has 124 valence electrons. The van der Waals surface area contributed by atoms with Crippen molar-refractivity contribution >= 4 is 12.0 Å². The van der Waals surface area contributed by atoms with E-state index >= 15 is 0 Å². The zero-order valence-electron chi connectivity index (χ0n) is 12.8. The molecule has 0 radical (unpaired) electrons. The van der Waals surface area contributed by atoms with Gasteiger partial charge in [-0.3, -0.25) is 14.6 Å². The van der Waals surface area contributed by atoms with Gasteiger partial charge < -0.3 is 19.5 Å². The van der Waals surface area contributed by atoms with Gasteiger partial charge in [-0.15, -0.1) is 0 Å². The fourth-order valence-corrected chi connectivity index (χ4v) is 3.16. The molecule has 0 saturated carbocycles. The van der Waals surface area contributed by atoms with Crippen LogP contribution in [-0.4, -0.2) is 64.1 Å². The standard InChI is InChI=1S/C14H18N4O5/c1-17-7-14(23-13(17)22)3-2-4-18(8-14)10(19)5-9-6-15-12(21)16-11(9)20/h6H,2-5,7-8H2,1H3,(H2,15,16,20,21). The second-order valence-electron chi connectivity index (χ2n) is 6.10. The van der Waals surface area contributed by atoms with Gasteiger partial charge in [0.05, 0.1) is 19.5 Å². The van der Waals surface area contributed by atoms with Crippen LogP contribution >= 0.6 is 0 Å². The third-order valence-corrected chi connectivity index (χ3v) is 4.27. The molecule has 2 amide bonds. The number of carbonyl (C=O) groups is 2. The molecule has 2 fully saturated rings. The second-order valence-corrected chi connectivity index (χ2v) is 6.10. The largest absolute Gasteiger partial charge is 0.439 e. The number of aromatic amines is 2. The van der Waals surface area contributed by atoms with E-state index in [4.69, 9.17) is 4.74 Å². The monoisotopic (exact) mass is 322 g/mol. The summed E-state index contributed by atoms with van der Waals surface area (Å²) in [6.45, 7) is 1.33. The maximum absolute atomic E-state index is 12.4. The number of nitrogens with zero attached hydrogens (tertiary/aromatic N) is 2. The van der Waals surface area contributed by atoms with Gasteiger partial charge in [0.25, 0.3) is 5.56 Å². The maximum Gasteiger partial charge on any atom is 0.410 e. The molecule has 1 aromatic rings. The Labute approximate surface area is 131 Å². The molecule has 0 aliphatic carbocycles. The maximum atomic E-state index is 12.4. The highest BCUT2D eigenvalue weighted by Gasteiger charge is 2.47. The van der Waals surface area contributed by atoms with Crippen LogP contribution < -0.4 is 11.2 Å². The Bertz CT molecular complexity index is 754. The van der Waals surface area contributed by atoms with E-state index in [0.717, 1.165) is 6.42 Å². The van der Waals surface area contributed by atoms with Crippen molar-refractivity contribution in [2.75, 3.05) is 26.7 Å². The summed E-state index contributed by atoms with van der Waals surface area (Å²) in [7, 11) is 1.66. The number of H-pyrrole nitrogens is 2. The number of amides is 2. The Morgan fingerprint density at radius 3 is 2.78 bits per heavy atom. The Kier molecular flexibility index (Phi) is 3.70. The summed E-state index contributed by atoms with van der Waals surface area (Å²) in [6.07, 6.45) is 2.21. The lowest BCUT2D eigenvalue weighted by Crippen LogP contribution is -2.52. The molecule has 9 nitrogen and oxygen atoms in total.